The number of alkyl halides is 3. The zero-order chi connectivity index (χ0) is 13.8. The second-order valence-corrected chi connectivity index (χ2v) is 7.19. The fourth-order valence-corrected chi connectivity index (χ4v) is 4.25. The van der Waals surface area contributed by atoms with E-state index < -0.39 is 16.8 Å². The van der Waals surface area contributed by atoms with Crippen molar-refractivity contribution in [2.24, 2.45) is 16.8 Å². The molecule has 0 radical (unpaired) electrons. The van der Waals surface area contributed by atoms with Crippen molar-refractivity contribution in [3.63, 3.8) is 0 Å². The number of hydrogen-bond donors (Lipinski definition) is 1. The summed E-state index contributed by atoms with van der Waals surface area (Å²) in [7, 11) is 0. The number of carbonyl (C=O) groups excluding carboxylic acids is 1. The predicted octanol–water partition coefficient (Wildman–Crippen LogP) is 2.72. The Balaban J connectivity index is 1.68. The highest BCUT2D eigenvalue weighted by Crippen LogP contribution is 2.48. The third-order valence-electron chi connectivity index (χ3n) is 4.50. The summed E-state index contributed by atoms with van der Waals surface area (Å²) in [6.07, 6.45) is -0.0793. The van der Waals surface area contributed by atoms with E-state index in [4.69, 9.17) is 0 Å². The SMILES string of the molecule is C[C@@]1(C(F)(F)F)SC(N[C@H]2C[C@@H]3CC[C@H]2C3)=NC1=O. The number of amides is 1. The van der Waals surface area contributed by atoms with Crippen molar-refractivity contribution in [1.29, 1.82) is 0 Å². The van der Waals surface area contributed by atoms with Crippen molar-refractivity contribution < 1.29 is 18.0 Å². The van der Waals surface area contributed by atoms with Crippen LogP contribution in [0.15, 0.2) is 4.99 Å². The maximum Gasteiger partial charge on any atom is 0.412 e. The summed E-state index contributed by atoms with van der Waals surface area (Å²) in [5, 5.41) is 3.20. The Morgan fingerprint density at radius 3 is 2.58 bits per heavy atom. The third-order valence-corrected chi connectivity index (χ3v) is 5.72. The van der Waals surface area contributed by atoms with Gasteiger partial charge in [0.05, 0.1) is 0 Å². The van der Waals surface area contributed by atoms with E-state index in [0.717, 1.165) is 26.2 Å². The van der Waals surface area contributed by atoms with Gasteiger partial charge in [0.2, 0.25) is 0 Å². The molecule has 0 saturated heterocycles. The minimum atomic E-state index is -4.57. The monoisotopic (exact) mass is 292 g/mol. The average Bonchev–Trinajstić information content (AvgIpc) is 2.94. The molecule has 3 aliphatic rings. The fourth-order valence-electron chi connectivity index (χ4n) is 3.28. The summed E-state index contributed by atoms with van der Waals surface area (Å²) in [6.45, 7) is 0.902. The number of thioether (sulfide) groups is 1. The van der Waals surface area contributed by atoms with Crippen LogP contribution in [0.1, 0.15) is 32.6 Å². The molecule has 19 heavy (non-hydrogen) atoms. The Morgan fingerprint density at radius 1 is 1.37 bits per heavy atom. The van der Waals surface area contributed by atoms with E-state index in [2.05, 4.69) is 10.3 Å². The Labute approximate surface area is 113 Å². The minimum Gasteiger partial charge on any atom is -0.361 e. The lowest BCUT2D eigenvalue weighted by Crippen LogP contribution is -2.44. The summed E-state index contributed by atoms with van der Waals surface area (Å²) in [5.41, 5.74) is 0. The first-order valence-electron chi connectivity index (χ1n) is 6.45. The van der Waals surface area contributed by atoms with Gasteiger partial charge in [-0.15, -0.1) is 0 Å². The van der Waals surface area contributed by atoms with Crippen molar-refractivity contribution in [2.45, 2.75) is 49.6 Å². The van der Waals surface area contributed by atoms with Crippen LogP contribution in [0.4, 0.5) is 13.2 Å². The molecule has 2 bridgehead atoms. The van der Waals surface area contributed by atoms with Crippen molar-refractivity contribution in [1.82, 2.24) is 5.32 Å². The number of fused-ring (bicyclic) bond motifs is 2. The lowest BCUT2D eigenvalue weighted by molar-refractivity contribution is -0.165. The molecule has 1 N–H and O–H groups in total. The molecule has 2 aliphatic carbocycles. The van der Waals surface area contributed by atoms with Gasteiger partial charge in [0.25, 0.3) is 5.91 Å². The summed E-state index contributed by atoms with van der Waals surface area (Å²) in [6, 6.07) is 0.188. The molecule has 0 aromatic heterocycles. The van der Waals surface area contributed by atoms with Crippen molar-refractivity contribution in [2.75, 3.05) is 0 Å². The van der Waals surface area contributed by atoms with Crippen LogP contribution >= 0.6 is 11.8 Å². The van der Waals surface area contributed by atoms with Crippen LogP contribution < -0.4 is 5.32 Å². The van der Waals surface area contributed by atoms with Gasteiger partial charge in [-0.1, -0.05) is 18.2 Å². The molecule has 3 nitrogen and oxygen atoms in total. The number of hydrogen-bond acceptors (Lipinski definition) is 3. The lowest BCUT2D eigenvalue weighted by Gasteiger charge is -2.26. The first-order valence-corrected chi connectivity index (χ1v) is 7.26. The van der Waals surface area contributed by atoms with Gasteiger partial charge in [-0.2, -0.15) is 18.2 Å². The molecule has 1 amide bonds. The highest BCUT2D eigenvalue weighted by Gasteiger charge is 2.61. The number of rotatable bonds is 1. The number of aliphatic imine (C=N–C) groups is 1. The van der Waals surface area contributed by atoms with Gasteiger partial charge in [0.1, 0.15) is 0 Å². The largest absolute Gasteiger partial charge is 0.412 e. The van der Waals surface area contributed by atoms with Crippen LogP contribution in [0.2, 0.25) is 0 Å². The standard InChI is InChI=1S/C12H15F3N2OS/c1-11(12(13,14)15)9(18)17-10(19-11)16-8-5-6-2-3-7(8)4-6/h6-8H,2-5H2,1H3,(H,16,17,18)/t6-,7+,8+,11-/m1/s1. The van der Waals surface area contributed by atoms with Crippen molar-refractivity contribution in [3.05, 3.63) is 0 Å². The first-order chi connectivity index (χ1) is 8.79. The first kappa shape index (κ1) is 13.3. The molecule has 1 aliphatic heterocycles. The van der Waals surface area contributed by atoms with Gasteiger partial charge >= 0.3 is 6.18 Å². The summed E-state index contributed by atoms with van der Waals surface area (Å²) in [5.74, 6) is 0.121. The lowest BCUT2D eigenvalue weighted by atomic mass is 9.96. The van der Waals surface area contributed by atoms with Gasteiger partial charge in [-0.3, -0.25) is 4.79 Å². The smallest absolute Gasteiger partial charge is 0.361 e. The number of nitrogens with zero attached hydrogens (tertiary/aromatic N) is 1. The van der Waals surface area contributed by atoms with E-state index in [1.165, 1.54) is 6.42 Å². The maximum absolute atomic E-state index is 12.9. The fraction of sp³-hybridized carbons (Fsp3) is 0.833. The zero-order valence-electron chi connectivity index (χ0n) is 10.5. The molecule has 0 spiro atoms. The molecule has 2 saturated carbocycles. The number of carbonyl (C=O) groups is 1. The van der Waals surface area contributed by atoms with E-state index in [1.807, 2.05) is 0 Å². The quantitative estimate of drug-likeness (QED) is 0.808. The molecular formula is C12H15F3N2OS. The topological polar surface area (TPSA) is 41.5 Å². The average molecular weight is 292 g/mol. The van der Waals surface area contributed by atoms with E-state index in [1.54, 1.807) is 0 Å². The third kappa shape index (κ3) is 2.06. The normalized spacial score (nSPS) is 41.8. The van der Waals surface area contributed by atoms with E-state index in [-0.39, 0.29) is 11.2 Å². The van der Waals surface area contributed by atoms with Gasteiger partial charge in [-0.05, 0) is 38.0 Å². The Morgan fingerprint density at radius 2 is 2.11 bits per heavy atom. The molecule has 4 atom stereocenters. The highest BCUT2D eigenvalue weighted by atomic mass is 32.2. The molecule has 7 heteroatoms. The molecule has 106 valence electrons. The second kappa shape index (κ2) is 4.14. The molecule has 3 rings (SSSR count). The van der Waals surface area contributed by atoms with Crippen LogP contribution in [0.3, 0.4) is 0 Å². The highest BCUT2D eigenvalue weighted by molar-refractivity contribution is 8.16. The predicted molar refractivity (Wildman–Crippen MR) is 66.9 cm³/mol. The molecule has 0 aromatic rings. The van der Waals surface area contributed by atoms with Gasteiger partial charge < -0.3 is 5.32 Å². The van der Waals surface area contributed by atoms with E-state index in [0.29, 0.717) is 23.6 Å². The molecule has 1 heterocycles. The van der Waals surface area contributed by atoms with Crippen LogP contribution in [0.5, 0.6) is 0 Å². The minimum absolute atomic E-state index is 0.141. The van der Waals surface area contributed by atoms with Crippen LogP contribution in [-0.2, 0) is 4.79 Å². The van der Waals surface area contributed by atoms with E-state index in [9.17, 15) is 18.0 Å². The van der Waals surface area contributed by atoms with Crippen LogP contribution in [0, 0.1) is 11.8 Å². The Kier molecular flexibility index (Phi) is 2.89. The molecular weight excluding hydrogens is 277 g/mol. The summed E-state index contributed by atoms with van der Waals surface area (Å²) in [4.78, 5) is 15.1. The van der Waals surface area contributed by atoms with Crippen molar-refractivity contribution >= 4 is 22.8 Å². The summed E-state index contributed by atoms with van der Waals surface area (Å²) < 4.78 is 36.2. The second-order valence-electron chi connectivity index (χ2n) is 5.78. The molecule has 0 aromatic carbocycles. The number of amidine groups is 1. The Hall–Kier alpha value is -0.720. The Bertz CT molecular complexity index is 451. The van der Waals surface area contributed by atoms with Gasteiger partial charge in [0, 0.05) is 6.04 Å². The number of halogens is 3. The van der Waals surface area contributed by atoms with Crippen LogP contribution in [-0.4, -0.2) is 28.0 Å². The van der Waals surface area contributed by atoms with Crippen LogP contribution in [0.25, 0.3) is 0 Å². The molecule has 0 unspecified atom stereocenters. The van der Waals surface area contributed by atoms with Gasteiger partial charge in [-0.25, -0.2) is 0 Å². The number of nitrogens with one attached hydrogen (secondary N) is 1. The van der Waals surface area contributed by atoms with E-state index >= 15 is 0 Å². The maximum atomic E-state index is 12.9. The van der Waals surface area contributed by atoms with Gasteiger partial charge in [0.15, 0.2) is 9.91 Å². The van der Waals surface area contributed by atoms with Crippen molar-refractivity contribution in [3.8, 4) is 0 Å². The molecule has 2 fully saturated rings. The zero-order valence-corrected chi connectivity index (χ0v) is 11.3. The summed E-state index contributed by atoms with van der Waals surface area (Å²) >= 11 is 0.507.